The van der Waals surface area contributed by atoms with Gasteiger partial charge in [-0.2, -0.15) is 0 Å². The lowest BCUT2D eigenvalue weighted by molar-refractivity contribution is 0.197. The van der Waals surface area contributed by atoms with Gasteiger partial charge in [0.25, 0.3) is 0 Å². The maximum Gasteiger partial charge on any atom is 0.205 e. The molecule has 1 atom stereocenters. The number of ether oxygens (including phenoxy) is 1. The Hall–Kier alpha value is -0.850. The lowest BCUT2D eigenvalue weighted by Crippen LogP contribution is -2.47. The van der Waals surface area contributed by atoms with Crippen molar-refractivity contribution in [2.75, 3.05) is 33.4 Å². The lowest BCUT2D eigenvalue weighted by atomic mass is 10.3. The molecule has 0 bridgehead atoms. The van der Waals surface area contributed by atoms with Crippen LogP contribution < -0.4 is 16.6 Å². The molecule has 6 nitrogen and oxygen atoms in total. The molecule has 0 aromatic rings. The number of hydrogen-bond donors (Lipinski definition) is 3. The van der Waals surface area contributed by atoms with Gasteiger partial charge in [0.15, 0.2) is 0 Å². The van der Waals surface area contributed by atoms with E-state index < -0.39 is 0 Å². The van der Waals surface area contributed by atoms with E-state index in [4.69, 9.17) is 10.6 Å². The van der Waals surface area contributed by atoms with E-state index in [1.165, 1.54) is 25.8 Å². The van der Waals surface area contributed by atoms with E-state index in [2.05, 4.69) is 20.6 Å². The zero-order valence-electron chi connectivity index (χ0n) is 11.2. The van der Waals surface area contributed by atoms with Crippen LogP contribution in [0.4, 0.5) is 0 Å². The van der Waals surface area contributed by atoms with Crippen LogP contribution in [-0.4, -0.2) is 56.3 Å². The molecule has 2 rings (SSSR count). The van der Waals surface area contributed by atoms with Crippen LogP contribution in [0.15, 0.2) is 4.99 Å². The second kappa shape index (κ2) is 6.92. The van der Waals surface area contributed by atoms with Crippen molar-refractivity contribution in [3.8, 4) is 0 Å². The molecule has 1 heterocycles. The number of methoxy groups -OCH3 is 1. The number of nitrogens with two attached hydrogens (primary N) is 1. The molecular weight excluding hydrogens is 230 g/mol. The monoisotopic (exact) mass is 255 g/mol. The average Bonchev–Trinajstić information content (AvgIpc) is 3.14. The summed E-state index contributed by atoms with van der Waals surface area (Å²) in [7, 11) is 1.70. The Balaban J connectivity index is 1.69. The quantitative estimate of drug-likeness (QED) is 0.199. The highest BCUT2D eigenvalue weighted by Crippen LogP contribution is 2.29. The molecular formula is C12H25N5O. The molecule has 0 spiro atoms. The fourth-order valence-corrected chi connectivity index (χ4v) is 2.40. The van der Waals surface area contributed by atoms with Crippen LogP contribution in [0.25, 0.3) is 0 Å². The Kier molecular flexibility index (Phi) is 5.22. The summed E-state index contributed by atoms with van der Waals surface area (Å²) >= 11 is 0. The number of rotatable bonds is 6. The van der Waals surface area contributed by atoms with Crippen molar-refractivity contribution in [3.63, 3.8) is 0 Å². The summed E-state index contributed by atoms with van der Waals surface area (Å²) in [4.78, 5) is 6.97. The van der Waals surface area contributed by atoms with E-state index in [0.717, 1.165) is 32.2 Å². The molecule has 0 aromatic carbocycles. The number of aliphatic imine (C=N–C) groups is 1. The fraction of sp³-hybridized carbons (Fsp3) is 0.917. The van der Waals surface area contributed by atoms with E-state index in [0.29, 0.717) is 12.0 Å². The molecule has 1 aliphatic heterocycles. The number of nitrogens with zero attached hydrogens (tertiary/aromatic N) is 2. The minimum absolute atomic E-state index is 0.475. The number of hydrazine groups is 1. The van der Waals surface area contributed by atoms with Crippen LogP contribution in [-0.2, 0) is 4.74 Å². The maximum atomic E-state index is 5.48. The highest BCUT2D eigenvalue weighted by Gasteiger charge is 2.34. The maximum absolute atomic E-state index is 5.48. The van der Waals surface area contributed by atoms with Crippen molar-refractivity contribution < 1.29 is 4.74 Å². The summed E-state index contributed by atoms with van der Waals surface area (Å²) in [5, 5.41) is 3.39. The van der Waals surface area contributed by atoms with Crippen molar-refractivity contribution in [1.29, 1.82) is 0 Å². The summed E-state index contributed by atoms with van der Waals surface area (Å²) in [6, 6.07) is 1.33. The number of likely N-dealkylation sites (tertiary alicyclic amines) is 1. The Morgan fingerprint density at radius 2 is 2.28 bits per heavy atom. The molecule has 1 aliphatic carbocycles. The summed E-state index contributed by atoms with van der Waals surface area (Å²) in [5.74, 6) is 6.19. The van der Waals surface area contributed by atoms with Gasteiger partial charge in [-0.25, -0.2) is 5.84 Å². The van der Waals surface area contributed by atoms with E-state index in [1.807, 2.05) is 0 Å². The first kappa shape index (κ1) is 13.6. The number of hydrogen-bond acceptors (Lipinski definition) is 4. The van der Waals surface area contributed by atoms with E-state index in [1.54, 1.807) is 7.11 Å². The van der Waals surface area contributed by atoms with Gasteiger partial charge in [0.05, 0.1) is 0 Å². The molecule has 2 fully saturated rings. The third-order valence-corrected chi connectivity index (χ3v) is 3.54. The van der Waals surface area contributed by atoms with Crippen LogP contribution in [0.1, 0.15) is 25.7 Å². The van der Waals surface area contributed by atoms with Crippen LogP contribution in [0.5, 0.6) is 0 Å². The second-order valence-corrected chi connectivity index (χ2v) is 5.08. The summed E-state index contributed by atoms with van der Waals surface area (Å²) < 4.78 is 4.99. The van der Waals surface area contributed by atoms with Crippen molar-refractivity contribution in [2.24, 2.45) is 10.8 Å². The Labute approximate surface area is 109 Å². The highest BCUT2D eigenvalue weighted by molar-refractivity contribution is 5.79. The van der Waals surface area contributed by atoms with Gasteiger partial charge in [0.1, 0.15) is 0 Å². The molecule has 4 N–H and O–H groups in total. The second-order valence-electron chi connectivity index (χ2n) is 5.08. The zero-order valence-corrected chi connectivity index (χ0v) is 11.2. The summed E-state index contributed by atoms with van der Waals surface area (Å²) in [6.07, 6.45) is 4.84. The molecule has 6 heteroatoms. The van der Waals surface area contributed by atoms with Gasteiger partial charge in [0, 0.05) is 45.4 Å². The predicted octanol–water partition coefficient (Wildman–Crippen LogP) is -0.331. The molecule has 2 aliphatic rings. The van der Waals surface area contributed by atoms with Gasteiger partial charge in [-0.05, 0) is 25.7 Å². The Morgan fingerprint density at radius 1 is 1.44 bits per heavy atom. The van der Waals surface area contributed by atoms with Gasteiger partial charge in [-0.1, -0.05) is 0 Å². The fourth-order valence-electron chi connectivity index (χ4n) is 2.40. The van der Waals surface area contributed by atoms with Crippen molar-refractivity contribution in [1.82, 2.24) is 15.6 Å². The van der Waals surface area contributed by atoms with Crippen molar-refractivity contribution in [3.05, 3.63) is 0 Å². The zero-order chi connectivity index (χ0) is 12.8. The minimum atomic E-state index is 0.475. The topological polar surface area (TPSA) is 74.9 Å². The molecule has 0 aromatic heterocycles. The van der Waals surface area contributed by atoms with Gasteiger partial charge in [-0.15, -0.1) is 0 Å². The Bertz CT molecular complexity index is 280. The highest BCUT2D eigenvalue weighted by atomic mass is 16.5. The first-order valence-electron chi connectivity index (χ1n) is 6.84. The van der Waals surface area contributed by atoms with E-state index >= 15 is 0 Å². The number of nitrogens with one attached hydrogen (secondary N) is 2. The van der Waals surface area contributed by atoms with Gasteiger partial charge < -0.3 is 10.1 Å². The van der Waals surface area contributed by atoms with Crippen LogP contribution in [0.2, 0.25) is 0 Å². The molecule has 0 radical (unpaired) electrons. The smallest absolute Gasteiger partial charge is 0.205 e. The first-order chi connectivity index (χ1) is 8.83. The molecule has 1 unspecified atom stereocenters. The van der Waals surface area contributed by atoms with Crippen molar-refractivity contribution in [2.45, 2.75) is 37.8 Å². The normalized spacial score (nSPS) is 25.4. The van der Waals surface area contributed by atoms with Gasteiger partial charge in [0.2, 0.25) is 5.96 Å². The minimum Gasteiger partial charge on any atom is -0.385 e. The summed E-state index contributed by atoms with van der Waals surface area (Å²) in [5.41, 5.74) is 2.65. The number of guanidine groups is 1. The van der Waals surface area contributed by atoms with E-state index in [9.17, 15) is 0 Å². The predicted molar refractivity (Wildman–Crippen MR) is 72.3 cm³/mol. The first-order valence-corrected chi connectivity index (χ1v) is 6.84. The Morgan fingerprint density at radius 3 is 2.94 bits per heavy atom. The average molecular weight is 255 g/mol. The van der Waals surface area contributed by atoms with Crippen molar-refractivity contribution >= 4 is 5.96 Å². The molecule has 18 heavy (non-hydrogen) atoms. The molecule has 1 saturated heterocycles. The molecule has 0 amide bonds. The summed E-state index contributed by atoms with van der Waals surface area (Å²) in [6.45, 7) is 3.78. The lowest BCUT2D eigenvalue weighted by Gasteiger charge is -2.17. The largest absolute Gasteiger partial charge is 0.385 e. The molecule has 104 valence electrons. The van der Waals surface area contributed by atoms with Crippen LogP contribution in [0.3, 0.4) is 0 Å². The molecule has 1 saturated carbocycles. The third-order valence-electron chi connectivity index (χ3n) is 3.54. The SMILES string of the molecule is COCCCN=C(NN)NC1CCN(C2CC2)C1. The standard InChI is InChI=1S/C12H25N5O/c1-18-8-2-6-14-12(16-13)15-10-5-7-17(9-10)11-3-4-11/h10-11H,2-9,13H2,1H3,(H2,14,15,16). The van der Waals surface area contributed by atoms with Gasteiger partial charge in [-0.3, -0.25) is 15.3 Å². The third kappa shape index (κ3) is 4.12. The van der Waals surface area contributed by atoms with Gasteiger partial charge >= 0.3 is 0 Å². The van der Waals surface area contributed by atoms with Crippen LogP contribution >= 0.6 is 0 Å². The van der Waals surface area contributed by atoms with E-state index in [-0.39, 0.29) is 0 Å². The van der Waals surface area contributed by atoms with Crippen LogP contribution in [0, 0.1) is 0 Å².